The minimum absolute atomic E-state index is 0.00507. The molecular weight excluding hydrogens is 316 g/mol. The Kier molecular flexibility index (Phi) is 5.68. The number of hydrogen-bond acceptors (Lipinski definition) is 5. The fourth-order valence-electron chi connectivity index (χ4n) is 3.17. The van der Waals surface area contributed by atoms with Gasteiger partial charge < -0.3 is 15.6 Å². The summed E-state index contributed by atoms with van der Waals surface area (Å²) in [5.74, 6) is 0.350. The normalized spacial score (nSPS) is 15.5. The lowest BCUT2D eigenvalue weighted by atomic mass is 10.0. The minimum Gasteiger partial charge on any atom is -0.348 e. The van der Waals surface area contributed by atoms with Crippen LogP contribution in [0.3, 0.4) is 0 Å². The van der Waals surface area contributed by atoms with E-state index in [1.165, 1.54) is 0 Å². The van der Waals surface area contributed by atoms with Gasteiger partial charge in [-0.15, -0.1) is 0 Å². The Bertz CT molecular complexity index is 736. The zero-order valence-electron chi connectivity index (χ0n) is 15.2. The summed E-state index contributed by atoms with van der Waals surface area (Å²) in [7, 11) is 0. The van der Waals surface area contributed by atoms with Crippen molar-refractivity contribution < 1.29 is 9.32 Å². The number of fused-ring (bicyclic) bond motifs is 1. The van der Waals surface area contributed by atoms with Crippen molar-refractivity contribution >= 4 is 17.0 Å². The highest BCUT2D eigenvalue weighted by Gasteiger charge is 2.29. The largest absolute Gasteiger partial charge is 0.348 e. The zero-order chi connectivity index (χ0) is 17.8. The van der Waals surface area contributed by atoms with Crippen molar-refractivity contribution in [2.24, 2.45) is 5.73 Å². The van der Waals surface area contributed by atoms with Gasteiger partial charge in [-0.1, -0.05) is 38.3 Å². The molecule has 0 radical (unpaired) electrons. The van der Waals surface area contributed by atoms with Crippen LogP contribution in [0.4, 0.5) is 0 Å². The number of nitrogens with one attached hydrogen (secondary N) is 1. The van der Waals surface area contributed by atoms with Gasteiger partial charge in [0, 0.05) is 24.2 Å². The smallest absolute Gasteiger partial charge is 0.259 e. The summed E-state index contributed by atoms with van der Waals surface area (Å²) in [5, 5.41) is 8.01. The van der Waals surface area contributed by atoms with Crippen molar-refractivity contribution in [3.05, 3.63) is 23.0 Å². The van der Waals surface area contributed by atoms with E-state index in [0.29, 0.717) is 23.7 Å². The van der Waals surface area contributed by atoms with E-state index in [0.717, 1.165) is 61.7 Å². The van der Waals surface area contributed by atoms with E-state index in [2.05, 4.69) is 29.3 Å². The lowest BCUT2D eigenvalue weighted by Gasteiger charge is -2.17. The number of unbranched alkanes of at least 4 members (excludes halogenated alkanes) is 1. The molecule has 25 heavy (non-hydrogen) atoms. The number of pyridine rings is 1. The van der Waals surface area contributed by atoms with Crippen LogP contribution in [0, 0.1) is 0 Å². The van der Waals surface area contributed by atoms with Crippen molar-refractivity contribution in [1.82, 2.24) is 15.5 Å². The maximum Gasteiger partial charge on any atom is 0.259 e. The molecule has 1 unspecified atom stereocenters. The molecular formula is C19H28N4O2. The van der Waals surface area contributed by atoms with E-state index >= 15 is 0 Å². The van der Waals surface area contributed by atoms with Crippen molar-refractivity contribution in [3.63, 3.8) is 0 Å². The fourth-order valence-corrected chi connectivity index (χ4v) is 3.17. The Balaban J connectivity index is 1.94. The molecule has 6 heteroatoms. The number of aromatic nitrogens is 2. The Labute approximate surface area is 148 Å². The maximum atomic E-state index is 13.0. The molecule has 0 aromatic carbocycles. The highest BCUT2D eigenvalue weighted by Crippen LogP contribution is 2.40. The number of carbonyl (C=O) groups excluding carboxylic acids is 1. The van der Waals surface area contributed by atoms with E-state index in [9.17, 15) is 4.79 Å². The average Bonchev–Trinajstić information content (AvgIpc) is 3.40. The van der Waals surface area contributed by atoms with Gasteiger partial charge in [-0.25, -0.2) is 4.98 Å². The molecule has 0 spiro atoms. The fraction of sp³-hybridized carbons (Fsp3) is 0.632. The first-order valence-corrected chi connectivity index (χ1v) is 9.48. The van der Waals surface area contributed by atoms with Crippen LogP contribution < -0.4 is 11.1 Å². The van der Waals surface area contributed by atoms with E-state index in [1.807, 2.05) is 6.07 Å². The predicted octanol–water partition coefficient (Wildman–Crippen LogP) is 3.30. The Morgan fingerprint density at radius 2 is 2.20 bits per heavy atom. The molecule has 0 aliphatic heterocycles. The molecule has 136 valence electrons. The van der Waals surface area contributed by atoms with Crippen LogP contribution in [0.25, 0.3) is 11.1 Å². The molecule has 1 fully saturated rings. The number of rotatable bonds is 9. The van der Waals surface area contributed by atoms with Gasteiger partial charge in [0.25, 0.3) is 11.6 Å². The van der Waals surface area contributed by atoms with Crippen LogP contribution in [-0.4, -0.2) is 28.6 Å². The second-order valence-corrected chi connectivity index (χ2v) is 6.98. The van der Waals surface area contributed by atoms with Crippen LogP contribution in [0.15, 0.2) is 10.6 Å². The SMILES string of the molecule is CCCCC(CN)NC(=O)c1cc(C2CC2)nc2onc(CCC)c12. The lowest BCUT2D eigenvalue weighted by Crippen LogP contribution is -2.40. The van der Waals surface area contributed by atoms with Gasteiger partial charge in [0.1, 0.15) is 0 Å². The monoisotopic (exact) mass is 344 g/mol. The molecule has 1 atom stereocenters. The second kappa shape index (κ2) is 7.95. The van der Waals surface area contributed by atoms with Crippen molar-refractivity contribution in [3.8, 4) is 0 Å². The third-order valence-corrected chi connectivity index (χ3v) is 4.79. The second-order valence-electron chi connectivity index (χ2n) is 6.98. The summed E-state index contributed by atoms with van der Waals surface area (Å²) in [6, 6.07) is 1.92. The summed E-state index contributed by atoms with van der Waals surface area (Å²) >= 11 is 0. The van der Waals surface area contributed by atoms with Crippen molar-refractivity contribution in [1.29, 1.82) is 0 Å². The van der Waals surface area contributed by atoms with Crippen molar-refractivity contribution in [2.45, 2.75) is 70.8 Å². The Morgan fingerprint density at radius 1 is 1.40 bits per heavy atom. The molecule has 6 nitrogen and oxygen atoms in total. The first-order valence-electron chi connectivity index (χ1n) is 9.48. The molecule has 3 N–H and O–H groups in total. The summed E-state index contributed by atoms with van der Waals surface area (Å²) in [5.41, 5.74) is 8.71. The van der Waals surface area contributed by atoms with E-state index in [-0.39, 0.29) is 11.9 Å². The molecule has 1 aliphatic carbocycles. The van der Waals surface area contributed by atoms with Gasteiger partial charge in [0.2, 0.25) is 0 Å². The third-order valence-electron chi connectivity index (χ3n) is 4.79. The molecule has 2 aromatic heterocycles. The molecule has 0 saturated heterocycles. The number of amides is 1. The van der Waals surface area contributed by atoms with E-state index in [4.69, 9.17) is 10.3 Å². The number of aryl methyl sites for hydroxylation is 1. The van der Waals surface area contributed by atoms with Crippen LogP contribution >= 0.6 is 0 Å². The van der Waals surface area contributed by atoms with Crippen LogP contribution in [-0.2, 0) is 6.42 Å². The van der Waals surface area contributed by atoms with Crippen LogP contribution in [0.5, 0.6) is 0 Å². The molecule has 1 amide bonds. The number of hydrogen-bond donors (Lipinski definition) is 2. The topological polar surface area (TPSA) is 94.0 Å². The average molecular weight is 344 g/mol. The molecule has 2 aromatic rings. The standard InChI is InChI=1S/C19H28N4O2/c1-3-5-7-13(11-20)21-18(24)14-10-16(12-8-9-12)22-19-17(14)15(6-4-2)23-25-19/h10,12-13H,3-9,11,20H2,1-2H3,(H,21,24). The van der Waals surface area contributed by atoms with Gasteiger partial charge in [0.05, 0.1) is 16.6 Å². The Hall–Kier alpha value is -1.95. The minimum atomic E-state index is -0.0959. The quantitative estimate of drug-likeness (QED) is 0.728. The van der Waals surface area contributed by atoms with E-state index in [1.54, 1.807) is 0 Å². The zero-order valence-corrected chi connectivity index (χ0v) is 15.2. The predicted molar refractivity (Wildman–Crippen MR) is 97.6 cm³/mol. The Morgan fingerprint density at radius 3 is 2.84 bits per heavy atom. The highest BCUT2D eigenvalue weighted by molar-refractivity contribution is 6.06. The summed E-state index contributed by atoms with van der Waals surface area (Å²) < 4.78 is 5.44. The molecule has 1 saturated carbocycles. The van der Waals surface area contributed by atoms with Crippen LogP contribution in [0.2, 0.25) is 0 Å². The summed E-state index contributed by atoms with van der Waals surface area (Å²) in [4.78, 5) is 17.6. The van der Waals surface area contributed by atoms with Gasteiger partial charge in [-0.2, -0.15) is 0 Å². The highest BCUT2D eigenvalue weighted by atomic mass is 16.5. The van der Waals surface area contributed by atoms with Gasteiger partial charge in [-0.05, 0) is 31.7 Å². The van der Waals surface area contributed by atoms with E-state index < -0.39 is 0 Å². The molecule has 2 heterocycles. The summed E-state index contributed by atoms with van der Waals surface area (Å²) in [6.07, 6.45) is 6.99. The summed E-state index contributed by atoms with van der Waals surface area (Å²) in [6.45, 7) is 4.67. The number of carbonyl (C=O) groups is 1. The van der Waals surface area contributed by atoms with Crippen molar-refractivity contribution in [2.75, 3.05) is 6.54 Å². The van der Waals surface area contributed by atoms with Gasteiger partial charge >= 0.3 is 0 Å². The van der Waals surface area contributed by atoms with Gasteiger partial charge in [-0.3, -0.25) is 4.79 Å². The first kappa shape index (κ1) is 17.9. The molecule has 0 bridgehead atoms. The van der Waals surface area contributed by atoms with Crippen LogP contribution in [0.1, 0.15) is 80.0 Å². The molecule has 3 rings (SSSR count). The van der Waals surface area contributed by atoms with Gasteiger partial charge in [0.15, 0.2) is 0 Å². The molecule has 1 aliphatic rings. The maximum absolute atomic E-state index is 13.0. The lowest BCUT2D eigenvalue weighted by molar-refractivity contribution is 0.0937. The number of nitrogens with two attached hydrogens (primary N) is 1. The third kappa shape index (κ3) is 4.00. The first-order chi connectivity index (χ1) is 12.2. The number of nitrogens with zero attached hydrogens (tertiary/aromatic N) is 2.